The van der Waals surface area contributed by atoms with Crippen LogP contribution < -0.4 is 5.73 Å². The van der Waals surface area contributed by atoms with Crippen molar-refractivity contribution < 1.29 is 14.4 Å². The normalized spacial score (nSPS) is 11.3. The molecule has 0 fully saturated rings. The maximum Gasteiger partial charge on any atom is 0.332 e. The van der Waals surface area contributed by atoms with Crippen molar-refractivity contribution in [2.75, 3.05) is 5.73 Å². The lowest BCUT2D eigenvalue weighted by molar-refractivity contribution is -0.140. The summed E-state index contributed by atoms with van der Waals surface area (Å²) in [6, 6.07) is 0. The molecular formula is C7H5Cl2N3O3S. The van der Waals surface area contributed by atoms with E-state index in [9.17, 15) is 9.59 Å². The minimum atomic E-state index is -0.951. The number of oxime groups is 1. The number of nitrogens with two attached hydrogens (primary N) is 1. The van der Waals surface area contributed by atoms with Gasteiger partial charge in [0.25, 0.3) is 5.24 Å². The Balaban J connectivity index is 3.12. The van der Waals surface area contributed by atoms with E-state index in [1.165, 1.54) is 0 Å². The Hall–Kier alpha value is -1.18. The number of carbonyl (C=O) groups excluding carboxylic acids is 2. The van der Waals surface area contributed by atoms with Gasteiger partial charge in [0, 0.05) is 6.92 Å². The third-order valence-electron chi connectivity index (χ3n) is 1.28. The van der Waals surface area contributed by atoms with Crippen LogP contribution in [0, 0.1) is 0 Å². The largest absolute Gasteiger partial charge is 0.375 e. The number of nitrogens with zero attached hydrogens (tertiary/aromatic N) is 2. The molecule has 0 saturated heterocycles. The van der Waals surface area contributed by atoms with E-state index in [-0.39, 0.29) is 20.9 Å². The van der Waals surface area contributed by atoms with Crippen molar-refractivity contribution >= 4 is 56.6 Å². The zero-order valence-corrected chi connectivity index (χ0v) is 10.2. The molecule has 0 aliphatic rings. The predicted octanol–water partition coefficient (Wildman–Crippen LogP) is 1.41. The number of hydrogen-bond donors (Lipinski definition) is 1. The van der Waals surface area contributed by atoms with Crippen molar-refractivity contribution in [3.63, 3.8) is 0 Å². The number of halogens is 2. The fourth-order valence-electron chi connectivity index (χ4n) is 0.745. The number of nitrogen functional groups attached to an aromatic ring is 1. The number of anilines is 1. The van der Waals surface area contributed by atoms with Gasteiger partial charge in [0.05, 0.1) is 0 Å². The van der Waals surface area contributed by atoms with Crippen LogP contribution in [0.3, 0.4) is 0 Å². The fourth-order valence-corrected chi connectivity index (χ4v) is 1.80. The first-order valence-corrected chi connectivity index (χ1v) is 5.36. The van der Waals surface area contributed by atoms with E-state index >= 15 is 0 Å². The number of carbonyl (C=O) groups is 2. The fraction of sp³-hybridized carbons (Fsp3) is 0.143. The van der Waals surface area contributed by atoms with Crippen LogP contribution in [0.5, 0.6) is 0 Å². The molecule has 9 heteroatoms. The van der Waals surface area contributed by atoms with Gasteiger partial charge in [-0.25, -0.2) is 9.78 Å². The molecule has 86 valence electrons. The summed E-state index contributed by atoms with van der Waals surface area (Å²) in [5.41, 5.74) is 5.00. The Kier molecular flexibility index (Phi) is 4.22. The van der Waals surface area contributed by atoms with Gasteiger partial charge in [-0.05, 0) is 11.6 Å². The second-order valence-corrected chi connectivity index (χ2v) is 4.45. The molecule has 1 heterocycles. The van der Waals surface area contributed by atoms with Crippen LogP contribution in [0.2, 0.25) is 4.34 Å². The molecule has 0 radical (unpaired) electrons. The molecule has 0 atom stereocenters. The maximum absolute atomic E-state index is 11.0. The van der Waals surface area contributed by atoms with E-state index in [0.717, 1.165) is 18.3 Å². The zero-order valence-electron chi connectivity index (χ0n) is 7.86. The first kappa shape index (κ1) is 12.9. The van der Waals surface area contributed by atoms with E-state index in [0.29, 0.717) is 0 Å². The van der Waals surface area contributed by atoms with E-state index in [2.05, 4.69) is 15.0 Å². The van der Waals surface area contributed by atoms with Crippen LogP contribution in [-0.4, -0.2) is 21.9 Å². The predicted molar refractivity (Wildman–Crippen MR) is 60.7 cm³/mol. The smallest absolute Gasteiger partial charge is 0.332 e. The van der Waals surface area contributed by atoms with Gasteiger partial charge in [-0.3, -0.25) is 4.79 Å². The van der Waals surface area contributed by atoms with Gasteiger partial charge in [-0.1, -0.05) is 28.1 Å². The molecule has 0 unspecified atom stereocenters. The Bertz CT molecular complexity index is 471. The van der Waals surface area contributed by atoms with E-state index in [1.54, 1.807) is 0 Å². The lowest BCUT2D eigenvalue weighted by Crippen LogP contribution is -2.12. The Morgan fingerprint density at radius 2 is 2.19 bits per heavy atom. The highest BCUT2D eigenvalue weighted by Gasteiger charge is 2.21. The number of thiazole rings is 1. The molecule has 2 N–H and O–H groups in total. The lowest BCUT2D eigenvalue weighted by Gasteiger charge is -1.96. The molecule has 0 aromatic carbocycles. The summed E-state index contributed by atoms with van der Waals surface area (Å²) in [6.45, 7) is 1.12. The molecular weight excluding hydrogens is 277 g/mol. The summed E-state index contributed by atoms with van der Waals surface area (Å²) in [6.07, 6.45) is 0. The quantitative estimate of drug-likeness (QED) is 0.391. The Morgan fingerprint density at radius 1 is 1.56 bits per heavy atom. The van der Waals surface area contributed by atoms with Gasteiger partial charge in [0.15, 0.2) is 10.8 Å². The van der Waals surface area contributed by atoms with Gasteiger partial charge < -0.3 is 10.6 Å². The summed E-state index contributed by atoms with van der Waals surface area (Å²) in [4.78, 5) is 29.6. The molecule has 1 rings (SSSR count). The molecule has 0 spiro atoms. The van der Waals surface area contributed by atoms with Crippen LogP contribution in [0.25, 0.3) is 0 Å². The summed E-state index contributed by atoms with van der Waals surface area (Å²) in [7, 11) is 0. The molecule has 0 aliphatic heterocycles. The Labute approximate surface area is 104 Å². The topological polar surface area (TPSA) is 94.6 Å². The summed E-state index contributed by atoms with van der Waals surface area (Å²) in [5.74, 6) is -0.699. The second kappa shape index (κ2) is 5.24. The van der Waals surface area contributed by atoms with Gasteiger partial charge in [-0.15, -0.1) is 0 Å². The Morgan fingerprint density at radius 3 is 2.56 bits per heavy atom. The van der Waals surface area contributed by atoms with Gasteiger partial charge in [0.1, 0.15) is 10.0 Å². The minimum absolute atomic E-state index is 0.00887. The van der Waals surface area contributed by atoms with E-state index in [4.69, 9.17) is 28.9 Å². The van der Waals surface area contributed by atoms with Gasteiger partial charge >= 0.3 is 5.97 Å². The van der Waals surface area contributed by atoms with Crippen LogP contribution in [0.4, 0.5) is 5.13 Å². The highest BCUT2D eigenvalue weighted by atomic mass is 35.5. The highest BCUT2D eigenvalue weighted by Crippen LogP contribution is 2.26. The third kappa shape index (κ3) is 3.16. The average Bonchev–Trinajstić information content (AvgIpc) is 2.45. The summed E-state index contributed by atoms with van der Waals surface area (Å²) in [5, 5.41) is 2.45. The van der Waals surface area contributed by atoms with Crippen LogP contribution in [0.1, 0.15) is 12.6 Å². The van der Waals surface area contributed by atoms with E-state index in [1.807, 2.05) is 0 Å². The summed E-state index contributed by atoms with van der Waals surface area (Å²) >= 11 is 11.9. The minimum Gasteiger partial charge on any atom is -0.375 e. The van der Waals surface area contributed by atoms with Crippen molar-refractivity contribution in [3.8, 4) is 0 Å². The van der Waals surface area contributed by atoms with Gasteiger partial charge in [-0.2, -0.15) is 0 Å². The number of hydrogen-bond acceptors (Lipinski definition) is 7. The average molecular weight is 282 g/mol. The molecule has 0 bridgehead atoms. The highest BCUT2D eigenvalue weighted by molar-refractivity contribution is 7.19. The van der Waals surface area contributed by atoms with Crippen LogP contribution >= 0.6 is 34.5 Å². The first-order chi connectivity index (χ1) is 7.41. The third-order valence-corrected chi connectivity index (χ3v) is 2.54. The van der Waals surface area contributed by atoms with Crippen molar-refractivity contribution in [2.45, 2.75) is 6.92 Å². The zero-order chi connectivity index (χ0) is 12.3. The first-order valence-electron chi connectivity index (χ1n) is 3.79. The standard InChI is InChI=1S/C7H5Cl2N3O3S/c1-2(13)15-12-3(5(8)14)4-6(9)16-7(10)11-4/h1H3,(H2,10,11). The van der Waals surface area contributed by atoms with Crippen LogP contribution in [0.15, 0.2) is 5.16 Å². The molecule has 16 heavy (non-hydrogen) atoms. The molecule has 0 amide bonds. The lowest BCUT2D eigenvalue weighted by atomic mass is 10.3. The van der Waals surface area contributed by atoms with Crippen LogP contribution in [-0.2, 0) is 14.4 Å². The maximum atomic E-state index is 11.0. The molecule has 1 aromatic heterocycles. The van der Waals surface area contributed by atoms with Crippen molar-refractivity contribution in [3.05, 3.63) is 10.0 Å². The number of rotatable bonds is 3. The summed E-state index contributed by atoms with van der Waals surface area (Å²) < 4.78 is 0.136. The molecule has 0 aliphatic carbocycles. The van der Waals surface area contributed by atoms with Gasteiger partial charge in [0.2, 0.25) is 0 Å². The molecule has 1 aromatic rings. The monoisotopic (exact) mass is 281 g/mol. The van der Waals surface area contributed by atoms with E-state index < -0.39 is 11.2 Å². The van der Waals surface area contributed by atoms with Crippen molar-refractivity contribution in [2.24, 2.45) is 5.16 Å². The van der Waals surface area contributed by atoms with Crippen molar-refractivity contribution in [1.82, 2.24) is 4.98 Å². The molecule has 6 nitrogen and oxygen atoms in total. The number of aromatic nitrogens is 1. The SMILES string of the molecule is CC(=O)ON=C(C(=O)Cl)c1nc(N)sc1Cl. The van der Waals surface area contributed by atoms with Crippen molar-refractivity contribution in [1.29, 1.82) is 0 Å². The second-order valence-electron chi connectivity index (χ2n) is 2.47. The molecule has 0 saturated carbocycles.